The second-order valence-electron chi connectivity index (χ2n) is 4.17. The molecule has 0 saturated carbocycles. The van der Waals surface area contributed by atoms with Gasteiger partial charge in [-0.3, -0.25) is 0 Å². The Morgan fingerprint density at radius 1 is 1.22 bits per heavy atom. The molecule has 0 aromatic heterocycles. The van der Waals surface area contributed by atoms with Crippen molar-refractivity contribution < 1.29 is 9.50 Å². The largest absolute Gasteiger partial charge is 0.384 e. The van der Waals surface area contributed by atoms with E-state index in [1.165, 1.54) is 18.2 Å². The highest BCUT2D eigenvalue weighted by molar-refractivity contribution is 6.31. The van der Waals surface area contributed by atoms with Crippen LogP contribution in [0, 0.1) is 5.82 Å². The van der Waals surface area contributed by atoms with E-state index in [9.17, 15) is 9.50 Å². The smallest absolute Gasteiger partial charge is 0.124 e. The summed E-state index contributed by atoms with van der Waals surface area (Å²) in [6.45, 7) is 2.05. The number of aryl methyl sites for hydroxylation is 1. The Labute approximate surface area is 111 Å². The van der Waals surface area contributed by atoms with Crippen molar-refractivity contribution in [2.45, 2.75) is 19.4 Å². The average molecular weight is 265 g/mol. The summed E-state index contributed by atoms with van der Waals surface area (Å²) in [6.07, 6.45) is 0.0714. The first kappa shape index (κ1) is 13.1. The molecule has 0 heterocycles. The SMILES string of the molecule is CCc1cccc(C(O)c2ccc(F)cc2Cl)c1. The molecule has 0 aliphatic heterocycles. The lowest BCUT2D eigenvalue weighted by Gasteiger charge is -2.14. The van der Waals surface area contributed by atoms with Crippen molar-refractivity contribution in [2.24, 2.45) is 0 Å². The quantitative estimate of drug-likeness (QED) is 0.884. The maximum atomic E-state index is 13.0. The van der Waals surface area contributed by atoms with E-state index in [1.807, 2.05) is 24.3 Å². The fourth-order valence-corrected chi connectivity index (χ4v) is 2.16. The van der Waals surface area contributed by atoms with Crippen molar-refractivity contribution in [3.05, 3.63) is 70.0 Å². The van der Waals surface area contributed by atoms with E-state index in [1.54, 1.807) is 0 Å². The van der Waals surface area contributed by atoms with Crippen LogP contribution in [-0.4, -0.2) is 5.11 Å². The predicted molar refractivity (Wildman–Crippen MR) is 71.3 cm³/mol. The molecule has 1 atom stereocenters. The van der Waals surface area contributed by atoms with Crippen molar-refractivity contribution in [3.8, 4) is 0 Å². The summed E-state index contributed by atoms with van der Waals surface area (Å²) >= 11 is 5.95. The van der Waals surface area contributed by atoms with Crippen molar-refractivity contribution in [3.63, 3.8) is 0 Å². The number of benzene rings is 2. The molecule has 2 rings (SSSR count). The molecule has 0 aliphatic rings. The third-order valence-electron chi connectivity index (χ3n) is 2.93. The van der Waals surface area contributed by atoms with Crippen molar-refractivity contribution in [1.29, 1.82) is 0 Å². The van der Waals surface area contributed by atoms with Crippen LogP contribution in [-0.2, 0) is 6.42 Å². The molecule has 1 N–H and O–H groups in total. The zero-order chi connectivity index (χ0) is 13.1. The second kappa shape index (κ2) is 5.51. The Morgan fingerprint density at radius 2 is 2.00 bits per heavy atom. The Bertz CT molecular complexity index is 554. The van der Waals surface area contributed by atoms with E-state index in [4.69, 9.17) is 11.6 Å². The van der Waals surface area contributed by atoms with Crippen molar-refractivity contribution in [2.75, 3.05) is 0 Å². The van der Waals surface area contributed by atoms with Crippen LogP contribution in [0.4, 0.5) is 4.39 Å². The summed E-state index contributed by atoms with van der Waals surface area (Å²) in [5.74, 6) is -0.404. The highest BCUT2D eigenvalue weighted by Gasteiger charge is 2.14. The normalized spacial score (nSPS) is 12.4. The van der Waals surface area contributed by atoms with E-state index in [0.29, 0.717) is 5.56 Å². The highest BCUT2D eigenvalue weighted by Crippen LogP contribution is 2.29. The summed E-state index contributed by atoms with van der Waals surface area (Å²) < 4.78 is 13.0. The maximum Gasteiger partial charge on any atom is 0.124 e. The van der Waals surface area contributed by atoms with Crippen LogP contribution < -0.4 is 0 Å². The Balaban J connectivity index is 2.37. The highest BCUT2D eigenvalue weighted by atomic mass is 35.5. The van der Waals surface area contributed by atoms with Gasteiger partial charge >= 0.3 is 0 Å². The van der Waals surface area contributed by atoms with Gasteiger partial charge in [-0.05, 0) is 29.7 Å². The number of aliphatic hydroxyl groups excluding tert-OH is 1. The molecule has 0 radical (unpaired) electrons. The molecule has 0 amide bonds. The first-order valence-electron chi connectivity index (χ1n) is 5.83. The molecule has 3 heteroatoms. The Morgan fingerprint density at radius 3 is 2.67 bits per heavy atom. The summed E-state index contributed by atoms with van der Waals surface area (Å²) in [5, 5.41) is 10.5. The maximum absolute atomic E-state index is 13.0. The standard InChI is InChI=1S/C15H14ClFO/c1-2-10-4-3-5-11(8-10)15(18)13-7-6-12(17)9-14(13)16/h3-9,15,18H,2H2,1H3. The average Bonchev–Trinajstić information content (AvgIpc) is 2.38. The van der Waals surface area contributed by atoms with Gasteiger partial charge in [-0.15, -0.1) is 0 Å². The molecule has 0 saturated heterocycles. The zero-order valence-corrected chi connectivity index (χ0v) is 10.8. The lowest BCUT2D eigenvalue weighted by molar-refractivity contribution is 0.220. The summed E-state index contributed by atoms with van der Waals surface area (Å²) in [4.78, 5) is 0. The van der Waals surface area contributed by atoms with Gasteiger partial charge < -0.3 is 5.11 Å². The van der Waals surface area contributed by atoms with Crippen LogP contribution in [0.5, 0.6) is 0 Å². The van der Waals surface area contributed by atoms with Crippen LogP contribution in [0.15, 0.2) is 42.5 Å². The van der Waals surface area contributed by atoms with Crippen LogP contribution in [0.1, 0.15) is 29.7 Å². The topological polar surface area (TPSA) is 20.2 Å². The first-order chi connectivity index (χ1) is 8.61. The molecule has 2 aromatic rings. The van der Waals surface area contributed by atoms with Crippen molar-refractivity contribution >= 4 is 11.6 Å². The summed E-state index contributed by atoms with van der Waals surface area (Å²) in [6, 6.07) is 11.7. The molecular weight excluding hydrogens is 251 g/mol. The first-order valence-corrected chi connectivity index (χ1v) is 6.21. The monoisotopic (exact) mass is 264 g/mol. The van der Waals surface area contributed by atoms with Crippen LogP contribution in [0.2, 0.25) is 5.02 Å². The van der Waals surface area contributed by atoms with E-state index in [-0.39, 0.29) is 5.02 Å². The molecule has 0 bridgehead atoms. The Kier molecular flexibility index (Phi) is 4.00. The number of rotatable bonds is 3. The number of hydrogen-bond donors (Lipinski definition) is 1. The van der Waals surface area contributed by atoms with E-state index >= 15 is 0 Å². The molecule has 1 unspecified atom stereocenters. The molecule has 94 valence electrons. The van der Waals surface area contributed by atoms with Gasteiger partial charge in [0.15, 0.2) is 0 Å². The lowest BCUT2D eigenvalue weighted by atomic mass is 9.99. The molecule has 0 fully saturated rings. The third-order valence-corrected chi connectivity index (χ3v) is 3.26. The minimum absolute atomic E-state index is 0.240. The predicted octanol–water partition coefficient (Wildman–Crippen LogP) is 4.12. The minimum atomic E-state index is -0.829. The molecule has 0 aliphatic carbocycles. The third kappa shape index (κ3) is 2.71. The fraction of sp³-hybridized carbons (Fsp3) is 0.200. The second-order valence-corrected chi connectivity index (χ2v) is 4.57. The van der Waals surface area contributed by atoms with E-state index < -0.39 is 11.9 Å². The van der Waals surface area contributed by atoms with Gasteiger partial charge in [0.1, 0.15) is 11.9 Å². The van der Waals surface area contributed by atoms with Crippen LogP contribution >= 0.6 is 11.6 Å². The van der Waals surface area contributed by atoms with Gasteiger partial charge in [0, 0.05) is 10.6 Å². The van der Waals surface area contributed by atoms with Crippen LogP contribution in [0.3, 0.4) is 0 Å². The van der Waals surface area contributed by atoms with Crippen molar-refractivity contribution in [1.82, 2.24) is 0 Å². The minimum Gasteiger partial charge on any atom is -0.384 e. The van der Waals surface area contributed by atoms with Gasteiger partial charge in [0.05, 0.1) is 0 Å². The van der Waals surface area contributed by atoms with E-state index in [0.717, 1.165) is 17.5 Å². The van der Waals surface area contributed by atoms with Gasteiger partial charge in [0.25, 0.3) is 0 Å². The van der Waals surface area contributed by atoms with Gasteiger partial charge in [-0.2, -0.15) is 0 Å². The van der Waals surface area contributed by atoms with Gasteiger partial charge in [-0.25, -0.2) is 4.39 Å². The Hall–Kier alpha value is -1.38. The van der Waals surface area contributed by atoms with Gasteiger partial charge in [0.2, 0.25) is 0 Å². The number of halogens is 2. The number of aliphatic hydroxyl groups is 1. The molecule has 0 spiro atoms. The lowest BCUT2D eigenvalue weighted by Crippen LogP contribution is -2.01. The molecule has 2 aromatic carbocycles. The molecule has 18 heavy (non-hydrogen) atoms. The summed E-state index contributed by atoms with van der Waals surface area (Å²) in [7, 11) is 0. The molecule has 1 nitrogen and oxygen atoms in total. The zero-order valence-electron chi connectivity index (χ0n) is 10.0. The van der Waals surface area contributed by atoms with Crippen LogP contribution in [0.25, 0.3) is 0 Å². The fourth-order valence-electron chi connectivity index (χ4n) is 1.89. The van der Waals surface area contributed by atoms with E-state index in [2.05, 4.69) is 6.92 Å². The molecular formula is C15H14ClFO. The summed E-state index contributed by atoms with van der Waals surface area (Å²) in [5.41, 5.74) is 2.43. The van der Waals surface area contributed by atoms with Gasteiger partial charge in [-0.1, -0.05) is 48.9 Å². The number of hydrogen-bond acceptors (Lipinski definition) is 1.